The van der Waals surface area contributed by atoms with Gasteiger partial charge < -0.3 is 0 Å². The minimum absolute atomic E-state index is 0.885. The Bertz CT molecular complexity index is 118. The van der Waals surface area contributed by atoms with Crippen molar-refractivity contribution < 1.29 is 0 Å². The van der Waals surface area contributed by atoms with Crippen molar-refractivity contribution in [2.24, 2.45) is 11.3 Å². The van der Waals surface area contributed by atoms with E-state index in [0.717, 1.165) is 11.3 Å². The van der Waals surface area contributed by atoms with E-state index in [4.69, 9.17) is 0 Å². The summed E-state index contributed by atoms with van der Waals surface area (Å²) >= 11 is 0. The zero-order chi connectivity index (χ0) is 7.03. The van der Waals surface area contributed by atoms with Crippen molar-refractivity contribution in [3.8, 4) is 0 Å². The molecule has 0 N–H and O–H groups in total. The fourth-order valence-corrected chi connectivity index (χ4v) is 2.20. The molecule has 2 aliphatic rings. The summed E-state index contributed by atoms with van der Waals surface area (Å²) in [5.74, 6) is 1.16. The van der Waals surface area contributed by atoms with E-state index in [2.05, 4.69) is 6.92 Å². The van der Waals surface area contributed by atoms with Crippen LogP contribution in [0, 0.1) is 11.3 Å². The lowest BCUT2D eigenvalue weighted by Crippen LogP contribution is -2.00. The topological polar surface area (TPSA) is 0 Å². The lowest BCUT2D eigenvalue weighted by atomic mass is 9.94. The second-order valence-electron chi connectivity index (χ2n) is 4.40. The van der Waals surface area contributed by atoms with E-state index in [9.17, 15) is 0 Å². The third-order valence-electron chi connectivity index (χ3n) is 3.16. The molecule has 2 saturated carbocycles. The summed E-state index contributed by atoms with van der Waals surface area (Å²) in [5, 5.41) is 0. The summed E-state index contributed by atoms with van der Waals surface area (Å²) in [7, 11) is 0. The number of rotatable bonds is 4. The molecule has 2 fully saturated rings. The predicted molar refractivity (Wildman–Crippen MR) is 43.9 cm³/mol. The monoisotopic (exact) mass is 138 g/mol. The Kier molecular flexibility index (Phi) is 1.51. The van der Waals surface area contributed by atoms with Crippen LogP contribution in [0.1, 0.15) is 51.9 Å². The van der Waals surface area contributed by atoms with Crippen LogP contribution in [0.3, 0.4) is 0 Å². The Morgan fingerprint density at radius 1 is 1.30 bits per heavy atom. The zero-order valence-electron chi connectivity index (χ0n) is 7.03. The molecule has 10 heavy (non-hydrogen) atoms. The molecule has 0 amide bonds. The molecule has 0 aromatic heterocycles. The lowest BCUT2D eigenvalue weighted by Gasteiger charge is -2.11. The first-order chi connectivity index (χ1) is 4.85. The van der Waals surface area contributed by atoms with E-state index in [1.54, 1.807) is 32.1 Å². The van der Waals surface area contributed by atoms with E-state index in [1.807, 2.05) is 0 Å². The zero-order valence-corrected chi connectivity index (χ0v) is 7.03. The molecule has 0 aromatic carbocycles. The SMILES string of the molecule is CCCC1(CC2CC2)CC1. The van der Waals surface area contributed by atoms with Gasteiger partial charge in [0.2, 0.25) is 0 Å². The molecule has 2 rings (SSSR count). The van der Waals surface area contributed by atoms with Crippen molar-refractivity contribution in [3.05, 3.63) is 0 Å². The van der Waals surface area contributed by atoms with Crippen molar-refractivity contribution in [2.75, 3.05) is 0 Å². The second-order valence-corrected chi connectivity index (χ2v) is 4.40. The van der Waals surface area contributed by atoms with Crippen LogP contribution in [0.25, 0.3) is 0 Å². The van der Waals surface area contributed by atoms with Crippen molar-refractivity contribution in [2.45, 2.75) is 51.9 Å². The molecule has 0 bridgehead atoms. The Labute approximate surface area is 64.0 Å². The second kappa shape index (κ2) is 2.25. The largest absolute Gasteiger partial charge is 0.0654 e. The smallest absolute Gasteiger partial charge is 0.0295 e. The van der Waals surface area contributed by atoms with Crippen LogP contribution in [-0.2, 0) is 0 Å². The number of hydrogen-bond acceptors (Lipinski definition) is 0. The maximum Gasteiger partial charge on any atom is -0.0295 e. The van der Waals surface area contributed by atoms with Gasteiger partial charge >= 0.3 is 0 Å². The summed E-state index contributed by atoms with van der Waals surface area (Å²) < 4.78 is 0. The predicted octanol–water partition coefficient (Wildman–Crippen LogP) is 3.37. The first kappa shape index (κ1) is 6.69. The fraction of sp³-hybridized carbons (Fsp3) is 1.00. The molecular formula is C10H18. The Morgan fingerprint density at radius 3 is 2.40 bits per heavy atom. The number of hydrogen-bond donors (Lipinski definition) is 0. The quantitative estimate of drug-likeness (QED) is 0.558. The van der Waals surface area contributed by atoms with Crippen LogP contribution in [0.2, 0.25) is 0 Å². The minimum atomic E-state index is 0.885. The highest BCUT2D eigenvalue weighted by Gasteiger charge is 2.44. The molecule has 0 heteroatoms. The first-order valence-corrected chi connectivity index (χ1v) is 4.85. The van der Waals surface area contributed by atoms with Crippen LogP contribution in [-0.4, -0.2) is 0 Å². The van der Waals surface area contributed by atoms with Crippen LogP contribution in [0.15, 0.2) is 0 Å². The third-order valence-corrected chi connectivity index (χ3v) is 3.16. The molecule has 0 unspecified atom stereocenters. The van der Waals surface area contributed by atoms with Crippen molar-refractivity contribution in [3.63, 3.8) is 0 Å². The van der Waals surface area contributed by atoms with Gasteiger partial charge in [0, 0.05) is 0 Å². The summed E-state index contributed by atoms with van der Waals surface area (Å²) in [6.07, 6.45) is 10.7. The Hall–Kier alpha value is 0. The van der Waals surface area contributed by atoms with E-state index >= 15 is 0 Å². The third kappa shape index (κ3) is 1.36. The lowest BCUT2D eigenvalue weighted by molar-refractivity contribution is 0.399. The van der Waals surface area contributed by atoms with E-state index < -0.39 is 0 Å². The molecule has 58 valence electrons. The normalized spacial score (nSPS) is 28.5. The van der Waals surface area contributed by atoms with Gasteiger partial charge in [-0.05, 0) is 37.0 Å². The van der Waals surface area contributed by atoms with Gasteiger partial charge in [-0.25, -0.2) is 0 Å². The van der Waals surface area contributed by atoms with Gasteiger partial charge in [0.15, 0.2) is 0 Å². The van der Waals surface area contributed by atoms with Gasteiger partial charge in [0.25, 0.3) is 0 Å². The Morgan fingerprint density at radius 2 is 2.00 bits per heavy atom. The van der Waals surface area contributed by atoms with Crippen LogP contribution >= 0.6 is 0 Å². The van der Waals surface area contributed by atoms with Gasteiger partial charge in [0.1, 0.15) is 0 Å². The van der Waals surface area contributed by atoms with E-state index in [1.165, 1.54) is 12.8 Å². The van der Waals surface area contributed by atoms with Crippen LogP contribution < -0.4 is 0 Å². The average molecular weight is 138 g/mol. The minimum Gasteiger partial charge on any atom is -0.0654 e. The van der Waals surface area contributed by atoms with Crippen LogP contribution in [0.4, 0.5) is 0 Å². The van der Waals surface area contributed by atoms with E-state index in [-0.39, 0.29) is 0 Å². The molecule has 0 radical (unpaired) electrons. The van der Waals surface area contributed by atoms with Gasteiger partial charge in [-0.15, -0.1) is 0 Å². The fourth-order valence-electron chi connectivity index (χ4n) is 2.20. The van der Waals surface area contributed by atoms with Crippen molar-refractivity contribution >= 4 is 0 Å². The highest BCUT2D eigenvalue weighted by atomic mass is 14.5. The maximum atomic E-state index is 2.33. The molecule has 0 atom stereocenters. The molecule has 0 aliphatic heterocycles. The van der Waals surface area contributed by atoms with Gasteiger partial charge in [-0.3, -0.25) is 0 Å². The highest BCUT2D eigenvalue weighted by Crippen LogP contribution is 2.57. The van der Waals surface area contributed by atoms with Gasteiger partial charge in [0.05, 0.1) is 0 Å². The van der Waals surface area contributed by atoms with Crippen LogP contribution in [0.5, 0.6) is 0 Å². The highest BCUT2D eigenvalue weighted by molar-refractivity contribution is 4.96. The standard InChI is InChI=1S/C10H18/c1-2-5-10(6-7-10)8-9-3-4-9/h9H,2-8H2,1H3. The first-order valence-electron chi connectivity index (χ1n) is 4.85. The van der Waals surface area contributed by atoms with Crippen molar-refractivity contribution in [1.29, 1.82) is 0 Å². The molecule has 0 saturated heterocycles. The molecule has 2 aliphatic carbocycles. The average Bonchev–Trinajstić information content (AvgIpc) is 2.73. The van der Waals surface area contributed by atoms with Gasteiger partial charge in [-0.2, -0.15) is 0 Å². The molecule has 0 spiro atoms. The molecule has 0 nitrogen and oxygen atoms in total. The molecular weight excluding hydrogens is 120 g/mol. The summed E-state index contributed by atoms with van der Waals surface area (Å²) in [6.45, 7) is 2.33. The van der Waals surface area contributed by atoms with Gasteiger partial charge in [-0.1, -0.05) is 26.2 Å². The summed E-state index contributed by atoms with van der Waals surface area (Å²) in [6, 6.07) is 0. The Balaban J connectivity index is 1.76. The summed E-state index contributed by atoms with van der Waals surface area (Å²) in [5.41, 5.74) is 0.885. The molecule has 0 heterocycles. The van der Waals surface area contributed by atoms with Crippen molar-refractivity contribution in [1.82, 2.24) is 0 Å². The maximum absolute atomic E-state index is 2.33. The summed E-state index contributed by atoms with van der Waals surface area (Å²) in [4.78, 5) is 0. The van der Waals surface area contributed by atoms with E-state index in [0.29, 0.717) is 0 Å². The molecule has 0 aromatic rings.